The van der Waals surface area contributed by atoms with Crippen LogP contribution in [0.3, 0.4) is 0 Å². The number of terminal acetylenes is 1. The topological polar surface area (TPSA) is 72.6 Å². The number of aryl methyl sites for hydroxylation is 4. The van der Waals surface area contributed by atoms with E-state index in [4.69, 9.17) is 14.4 Å². The average molecular weight is 418 g/mol. The van der Waals surface area contributed by atoms with E-state index in [0.717, 1.165) is 57.9 Å². The zero-order valence-corrected chi connectivity index (χ0v) is 18.1. The standard InChI is InChI=1S/C23H23NO4.C3H4/c1-14-23(15(2)28-24-14)19-5-3-4-17(13-19)21-10-8-18-12-16(7-11-22(25)26)6-9-20(18)27-21;1-3-2/h3-6,9,12-13,21H,7-8,10-11H2,1-2H3,(H,25,26);1H,2H3. The summed E-state index contributed by atoms with van der Waals surface area (Å²) in [5.41, 5.74) is 6.36. The lowest BCUT2D eigenvalue weighted by Gasteiger charge is -2.27. The van der Waals surface area contributed by atoms with Gasteiger partial charge in [0.15, 0.2) is 0 Å². The molecule has 1 aliphatic rings. The van der Waals surface area contributed by atoms with Gasteiger partial charge in [0, 0.05) is 12.0 Å². The van der Waals surface area contributed by atoms with Crippen molar-refractivity contribution in [1.82, 2.24) is 5.16 Å². The molecule has 160 valence electrons. The zero-order valence-electron chi connectivity index (χ0n) is 18.1. The predicted octanol–water partition coefficient (Wildman–Crippen LogP) is 5.68. The number of carboxylic acid groups (broad SMARTS) is 1. The van der Waals surface area contributed by atoms with E-state index in [9.17, 15) is 4.79 Å². The van der Waals surface area contributed by atoms with Gasteiger partial charge in [0.05, 0.1) is 5.69 Å². The highest BCUT2D eigenvalue weighted by Crippen LogP contribution is 2.37. The third kappa shape index (κ3) is 5.35. The first-order valence-corrected chi connectivity index (χ1v) is 10.3. The second-order valence-electron chi connectivity index (χ2n) is 7.59. The molecule has 0 spiro atoms. The van der Waals surface area contributed by atoms with Gasteiger partial charge in [-0.2, -0.15) is 0 Å². The number of ether oxygens (including phenoxy) is 1. The summed E-state index contributed by atoms with van der Waals surface area (Å²) in [5.74, 6) is 3.18. The van der Waals surface area contributed by atoms with E-state index >= 15 is 0 Å². The summed E-state index contributed by atoms with van der Waals surface area (Å²) in [4.78, 5) is 10.8. The zero-order chi connectivity index (χ0) is 22.4. The third-order valence-electron chi connectivity index (χ3n) is 5.28. The lowest BCUT2D eigenvalue weighted by atomic mass is 9.93. The third-order valence-corrected chi connectivity index (χ3v) is 5.28. The molecule has 2 heterocycles. The first-order valence-electron chi connectivity index (χ1n) is 10.3. The Morgan fingerprint density at radius 3 is 2.71 bits per heavy atom. The number of nitrogens with zero attached hydrogens (tertiary/aromatic N) is 1. The highest BCUT2D eigenvalue weighted by molar-refractivity contribution is 5.68. The number of fused-ring (bicyclic) bond motifs is 1. The summed E-state index contributed by atoms with van der Waals surface area (Å²) in [6.45, 7) is 5.53. The van der Waals surface area contributed by atoms with Crippen LogP contribution in [-0.4, -0.2) is 16.2 Å². The Morgan fingerprint density at radius 2 is 2.03 bits per heavy atom. The summed E-state index contributed by atoms with van der Waals surface area (Å²) in [5, 5.41) is 12.9. The van der Waals surface area contributed by atoms with Gasteiger partial charge in [-0.05, 0) is 74.4 Å². The van der Waals surface area contributed by atoms with Crippen LogP contribution in [0, 0.1) is 26.2 Å². The van der Waals surface area contributed by atoms with Crippen LogP contribution in [0.5, 0.6) is 5.75 Å². The van der Waals surface area contributed by atoms with Gasteiger partial charge in [0.1, 0.15) is 17.6 Å². The van der Waals surface area contributed by atoms with Gasteiger partial charge in [0.2, 0.25) is 0 Å². The molecule has 0 radical (unpaired) electrons. The summed E-state index contributed by atoms with van der Waals surface area (Å²) in [6.07, 6.45) is 7.09. The van der Waals surface area contributed by atoms with Crippen molar-refractivity contribution in [3.63, 3.8) is 0 Å². The van der Waals surface area contributed by atoms with Gasteiger partial charge >= 0.3 is 5.97 Å². The maximum absolute atomic E-state index is 10.8. The van der Waals surface area contributed by atoms with Crippen LogP contribution in [0.1, 0.15) is 54.0 Å². The van der Waals surface area contributed by atoms with Gasteiger partial charge in [-0.3, -0.25) is 4.79 Å². The minimum atomic E-state index is -0.771. The molecule has 2 aromatic carbocycles. The van der Waals surface area contributed by atoms with Crippen LogP contribution in [0.25, 0.3) is 11.1 Å². The Morgan fingerprint density at radius 1 is 1.26 bits per heavy atom. The molecule has 0 fully saturated rings. The molecule has 0 saturated heterocycles. The van der Waals surface area contributed by atoms with E-state index in [1.165, 1.54) is 0 Å². The lowest BCUT2D eigenvalue weighted by Crippen LogP contribution is -2.15. The van der Waals surface area contributed by atoms with E-state index in [1.807, 2.05) is 32.0 Å². The van der Waals surface area contributed by atoms with E-state index in [-0.39, 0.29) is 12.5 Å². The van der Waals surface area contributed by atoms with Gasteiger partial charge in [-0.15, -0.1) is 12.3 Å². The Kier molecular flexibility index (Phi) is 7.15. The molecule has 0 saturated carbocycles. The number of aromatic nitrogens is 1. The molecule has 5 nitrogen and oxygen atoms in total. The SMILES string of the molecule is C#CC.Cc1noc(C)c1-c1cccc(C2CCc3cc(CCC(=O)O)ccc3O2)c1. The Labute approximate surface area is 183 Å². The maximum atomic E-state index is 10.8. The molecule has 31 heavy (non-hydrogen) atoms. The molecule has 1 N–H and O–H groups in total. The summed E-state index contributed by atoms with van der Waals surface area (Å²) in [7, 11) is 0. The number of carbonyl (C=O) groups is 1. The van der Waals surface area contributed by atoms with Gasteiger partial charge in [0.25, 0.3) is 0 Å². The van der Waals surface area contributed by atoms with Crippen LogP contribution < -0.4 is 4.74 Å². The largest absolute Gasteiger partial charge is 0.485 e. The number of hydrogen-bond donors (Lipinski definition) is 1. The molecule has 0 aliphatic carbocycles. The van der Waals surface area contributed by atoms with E-state index < -0.39 is 5.97 Å². The van der Waals surface area contributed by atoms with Crippen molar-refractivity contribution in [3.8, 4) is 29.2 Å². The van der Waals surface area contributed by atoms with Gasteiger partial charge < -0.3 is 14.4 Å². The molecular weight excluding hydrogens is 390 g/mol. The van der Waals surface area contributed by atoms with E-state index in [0.29, 0.717) is 6.42 Å². The van der Waals surface area contributed by atoms with E-state index in [1.54, 1.807) is 6.92 Å². The Bertz CT molecular complexity index is 1090. The first-order chi connectivity index (χ1) is 14.9. The minimum Gasteiger partial charge on any atom is -0.485 e. The van der Waals surface area contributed by atoms with Crippen molar-refractivity contribution in [1.29, 1.82) is 0 Å². The normalized spacial score (nSPS) is 14.5. The number of rotatable bonds is 5. The number of carboxylic acids is 1. The fourth-order valence-corrected chi connectivity index (χ4v) is 3.87. The summed E-state index contributed by atoms with van der Waals surface area (Å²) < 4.78 is 11.6. The molecule has 1 aliphatic heterocycles. The number of benzene rings is 2. The number of hydrogen-bond acceptors (Lipinski definition) is 4. The minimum absolute atomic E-state index is 0.00204. The number of aliphatic carboxylic acids is 1. The van der Waals surface area contributed by atoms with Crippen LogP contribution in [-0.2, 0) is 17.6 Å². The fraction of sp³-hybridized carbons (Fsp3) is 0.308. The molecule has 1 unspecified atom stereocenters. The second kappa shape index (κ2) is 9.99. The summed E-state index contributed by atoms with van der Waals surface area (Å²) in [6, 6.07) is 14.4. The average Bonchev–Trinajstić information content (AvgIpc) is 3.10. The van der Waals surface area contributed by atoms with E-state index in [2.05, 4.69) is 41.8 Å². The highest BCUT2D eigenvalue weighted by Gasteiger charge is 2.22. The molecule has 0 amide bonds. The smallest absolute Gasteiger partial charge is 0.303 e. The molecule has 1 aromatic heterocycles. The first kappa shape index (κ1) is 22.2. The molecule has 1 atom stereocenters. The molecular formula is C26H27NO4. The van der Waals surface area contributed by atoms with Crippen molar-refractivity contribution >= 4 is 5.97 Å². The van der Waals surface area contributed by atoms with Crippen molar-refractivity contribution in [3.05, 3.63) is 70.6 Å². The predicted molar refractivity (Wildman–Crippen MR) is 120 cm³/mol. The Hall–Kier alpha value is -3.52. The van der Waals surface area contributed by atoms with Crippen LogP contribution >= 0.6 is 0 Å². The van der Waals surface area contributed by atoms with Crippen molar-refractivity contribution < 1.29 is 19.2 Å². The van der Waals surface area contributed by atoms with Crippen molar-refractivity contribution in [2.45, 2.75) is 52.6 Å². The van der Waals surface area contributed by atoms with Crippen molar-refractivity contribution in [2.24, 2.45) is 0 Å². The van der Waals surface area contributed by atoms with Crippen LogP contribution in [0.2, 0.25) is 0 Å². The quantitative estimate of drug-likeness (QED) is 0.541. The molecule has 3 aromatic rings. The van der Waals surface area contributed by atoms with Gasteiger partial charge in [-0.25, -0.2) is 0 Å². The van der Waals surface area contributed by atoms with Crippen LogP contribution in [0.4, 0.5) is 0 Å². The lowest BCUT2D eigenvalue weighted by molar-refractivity contribution is -0.136. The summed E-state index contributed by atoms with van der Waals surface area (Å²) >= 11 is 0. The van der Waals surface area contributed by atoms with Crippen LogP contribution in [0.15, 0.2) is 47.0 Å². The maximum Gasteiger partial charge on any atom is 0.303 e. The monoisotopic (exact) mass is 417 g/mol. The van der Waals surface area contributed by atoms with Gasteiger partial charge in [-0.1, -0.05) is 35.5 Å². The second-order valence-corrected chi connectivity index (χ2v) is 7.59. The molecule has 4 rings (SSSR count). The highest BCUT2D eigenvalue weighted by atomic mass is 16.5. The fourth-order valence-electron chi connectivity index (χ4n) is 3.87. The Balaban J connectivity index is 0.000000858. The molecule has 0 bridgehead atoms. The van der Waals surface area contributed by atoms with Crippen molar-refractivity contribution in [2.75, 3.05) is 0 Å². The molecule has 5 heteroatoms.